The molecule has 0 N–H and O–H groups in total. The molecule has 0 amide bonds. The molecule has 0 aliphatic rings. The summed E-state index contributed by atoms with van der Waals surface area (Å²) in [7, 11) is 1.66. The minimum atomic E-state index is 0.546. The first-order chi connectivity index (χ1) is 9.19. The summed E-state index contributed by atoms with van der Waals surface area (Å²) >= 11 is 6.96. The van der Waals surface area contributed by atoms with Crippen LogP contribution in [0, 0.1) is 0 Å². The molecule has 2 aromatic carbocycles. The van der Waals surface area contributed by atoms with Gasteiger partial charge >= 0.3 is 0 Å². The fraction of sp³-hybridized carbons (Fsp3) is 0.200. The van der Waals surface area contributed by atoms with Gasteiger partial charge in [-0.05, 0) is 41.5 Å². The Kier molecular flexibility index (Phi) is 5.43. The van der Waals surface area contributed by atoms with E-state index in [0.717, 1.165) is 25.8 Å². The number of benzene rings is 2. The van der Waals surface area contributed by atoms with Crippen LogP contribution in [0.1, 0.15) is 11.1 Å². The topological polar surface area (TPSA) is 18.5 Å². The summed E-state index contributed by atoms with van der Waals surface area (Å²) in [5, 5.41) is 0. The average Bonchev–Trinajstić information content (AvgIpc) is 2.41. The molecule has 0 aliphatic heterocycles. The van der Waals surface area contributed by atoms with Gasteiger partial charge in [0.2, 0.25) is 0 Å². The smallest absolute Gasteiger partial charge is 0.119 e. The van der Waals surface area contributed by atoms with Gasteiger partial charge in [0, 0.05) is 8.95 Å². The van der Waals surface area contributed by atoms with Crippen LogP contribution in [0.5, 0.6) is 5.75 Å². The molecule has 0 heterocycles. The second-order valence-corrected chi connectivity index (χ2v) is 5.85. The van der Waals surface area contributed by atoms with Gasteiger partial charge in [0.1, 0.15) is 5.75 Å². The van der Waals surface area contributed by atoms with E-state index in [2.05, 4.69) is 37.9 Å². The maximum absolute atomic E-state index is 5.73. The Morgan fingerprint density at radius 2 is 1.84 bits per heavy atom. The number of ether oxygens (including phenoxy) is 2. The lowest BCUT2D eigenvalue weighted by molar-refractivity contribution is 0.106. The van der Waals surface area contributed by atoms with Crippen LogP contribution in [0.15, 0.2) is 51.4 Å². The van der Waals surface area contributed by atoms with Crippen LogP contribution in [0.4, 0.5) is 0 Å². The van der Waals surface area contributed by atoms with Crippen LogP contribution >= 0.6 is 31.9 Å². The van der Waals surface area contributed by atoms with E-state index in [1.807, 2.05) is 36.4 Å². The number of hydrogen-bond acceptors (Lipinski definition) is 2. The van der Waals surface area contributed by atoms with Crippen LogP contribution in [0.2, 0.25) is 0 Å². The largest absolute Gasteiger partial charge is 0.497 e. The number of methoxy groups -OCH3 is 1. The number of rotatable bonds is 5. The number of halogens is 2. The second-order valence-electron chi connectivity index (χ2n) is 4.08. The number of hydrogen-bond donors (Lipinski definition) is 0. The zero-order chi connectivity index (χ0) is 13.7. The molecule has 0 aliphatic carbocycles. The van der Waals surface area contributed by atoms with Crippen LogP contribution in [0.3, 0.4) is 0 Å². The molecule has 2 rings (SSSR count). The Bertz CT molecular complexity index is 556. The minimum Gasteiger partial charge on any atom is -0.497 e. The lowest BCUT2D eigenvalue weighted by Crippen LogP contribution is -1.96. The Balaban J connectivity index is 1.95. The first-order valence-corrected chi connectivity index (χ1v) is 7.42. The van der Waals surface area contributed by atoms with Gasteiger partial charge in [0.05, 0.1) is 20.3 Å². The molecule has 4 heteroatoms. The van der Waals surface area contributed by atoms with Crippen molar-refractivity contribution in [3.8, 4) is 5.75 Å². The molecule has 0 radical (unpaired) electrons. The zero-order valence-corrected chi connectivity index (χ0v) is 13.7. The van der Waals surface area contributed by atoms with Crippen molar-refractivity contribution in [2.24, 2.45) is 0 Å². The third-order valence-corrected chi connectivity index (χ3v) is 3.94. The summed E-state index contributed by atoms with van der Waals surface area (Å²) in [4.78, 5) is 0. The third-order valence-electron chi connectivity index (χ3n) is 2.67. The molecule has 0 unspecified atom stereocenters. The summed E-state index contributed by atoms with van der Waals surface area (Å²) < 4.78 is 13.0. The maximum Gasteiger partial charge on any atom is 0.119 e. The van der Waals surface area contributed by atoms with Crippen LogP contribution in [-0.2, 0) is 18.0 Å². The molecular weight excluding hydrogens is 372 g/mol. The molecule has 0 bridgehead atoms. The predicted octanol–water partition coefficient (Wildman–Crippen LogP) is 4.94. The first-order valence-electron chi connectivity index (χ1n) is 5.83. The van der Waals surface area contributed by atoms with Gasteiger partial charge in [0.25, 0.3) is 0 Å². The summed E-state index contributed by atoms with van der Waals surface area (Å²) in [6.45, 7) is 1.13. The molecule has 0 atom stereocenters. The van der Waals surface area contributed by atoms with Crippen molar-refractivity contribution in [1.82, 2.24) is 0 Å². The Morgan fingerprint density at radius 1 is 1.00 bits per heavy atom. The molecule has 0 saturated carbocycles. The van der Waals surface area contributed by atoms with E-state index in [1.165, 1.54) is 0 Å². The Morgan fingerprint density at radius 3 is 2.58 bits per heavy atom. The average molecular weight is 386 g/mol. The van der Waals surface area contributed by atoms with E-state index in [9.17, 15) is 0 Å². The molecule has 2 aromatic rings. The molecule has 100 valence electrons. The summed E-state index contributed by atoms with van der Waals surface area (Å²) in [6, 6.07) is 14.0. The van der Waals surface area contributed by atoms with Crippen molar-refractivity contribution in [2.45, 2.75) is 13.2 Å². The van der Waals surface area contributed by atoms with Gasteiger partial charge in [-0.1, -0.05) is 44.0 Å². The van der Waals surface area contributed by atoms with Gasteiger partial charge in [0.15, 0.2) is 0 Å². The van der Waals surface area contributed by atoms with Gasteiger partial charge in [-0.25, -0.2) is 0 Å². The van der Waals surface area contributed by atoms with Crippen molar-refractivity contribution in [3.63, 3.8) is 0 Å². The fourth-order valence-electron chi connectivity index (χ4n) is 1.69. The van der Waals surface area contributed by atoms with Crippen molar-refractivity contribution in [3.05, 3.63) is 62.5 Å². The van der Waals surface area contributed by atoms with Crippen LogP contribution in [0.25, 0.3) is 0 Å². The predicted molar refractivity (Wildman–Crippen MR) is 83.3 cm³/mol. The molecule has 0 aromatic heterocycles. The monoisotopic (exact) mass is 384 g/mol. The quantitative estimate of drug-likeness (QED) is 0.725. The molecule has 2 nitrogen and oxygen atoms in total. The Hall–Kier alpha value is -0.840. The van der Waals surface area contributed by atoms with Crippen LogP contribution in [-0.4, -0.2) is 7.11 Å². The minimum absolute atomic E-state index is 0.546. The lowest BCUT2D eigenvalue weighted by Gasteiger charge is -2.08. The molecule has 0 spiro atoms. The maximum atomic E-state index is 5.73. The van der Waals surface area contributed by atoms with Crippen molar-refractivity contribution in [2.75, 3.05) is 7.11 Å². The Labute approximate surface area is 130 Å². The van der Waals surface area contributed by atoms with E-state index in [0.29, 0.717) is 13.2 Å². The van der Waals surface area contributed by atoms with E-state index >= 15 is 0 Å². The third kappa shape index (κ3) is 4.34. The zero-order valence-electron chi connectivity index (χ0n) is 10.5. The molecule has 19 heavy (non-hydrogen) atoms. The fourth-order valence-corrected chi connectivity index (χ4v) is 2.50. The van der Waals surface area contributed by atoms with Gasteiger partial charge in [-0.15, -0.1) is 0 Å². The highest BCUT2D eigenvalue weighted by molar-refractivity contribution is 9.10. The van der Waals surface area contributed by atoms with Gasteiger partial charge in [-0.3, -0.25) is 0 Å². The second kappa shape index (κ2) is 7.08. The highest BCUT2D eigenvalue weighted by Crippen LogP contribution is 2.23. The highest BCUT2D eigenvalue weighted by Gasteiger charge is 2.03. The van der Waals surface area contributed by atoms with E-state index in [-0.39, 0.29) is 0 Å². The van der Waals surface area contributed by atoms with Gasteiger partial charge in [-0.2, -0.15) is 0 Å². The van der Waals surface area contributed by atoms with Crippen LogP contribution < -0.4 is 4.74 Å². The van der Waals surface area contributed by atoms with Crippen molar-refractivity contribution in [1.29, 1.82) is 0 Å². The molecular formula is C15H14Br2O2. The normalized spacial score (nSPS) is 10.5. The van der Waals surface area contributed by atoms with E-state index in [4.69, 9.17) is 9.47 Å². The summed E-state index contributed by atoms with van der Waals surface area (Å²) in [5.41, 5.74) is 2.22. The van der Waals surface area contributed by atoms with Gasteiger partial charge < -0.3 is 9.47 Å². The van der Waals surface area contributed by atoms with Crippen molar-refractivity contribution < 1.29 is 9.47 Å². The standard InChI is InChI=1S/C15H14Br2O2/c1-18-14-5-6-15(17)12(8-14)10-19-9-11-3-2-4-13(16)7-11/h2-8H,9-10H2,1H3. The van der Waals surface area contributed by atoms with E-state index < -0.39 is 0 Å². The SMILES string of the molecule is COc1ccc(Br)c(COCc2cccc(Br)c2)c1. The molecule has 0 saturated heterocycles. The first kappa shape index (κ1) is 14.6. The molecule has 0 fully saturated rings. The van der Waals surface area contributed by atoms with Crippen molar-refractivity contribution >= 4 is 31.9 Å². The lowest BCUT2D eigenvalue weighted by atomic mass is 10.2. The summed E-state index contributed by atoms with van der Waals surface area (Å²) in [6.07, 6.45) is 0. The van der Waals surface area contributed by atoms with E-state index in [1.54, 1.807) is 7.11 Å². The summed E-state index contributed by atoms with van der Waals surface area (Å²) in [5.74, 6) is 0.837. The highest BCUT2D eigenvalue weighted by atomic mass is 79.9.